The number of benzene rings is 2. The van der Waals surface area contributed by atoms with Crippen LogP contribution in [0, 0.1) is 0 Å². The maximum absolute atomic E-state index is 12.1. The third kappa shape index (κ3) is 7.83. The number of likely N-dealkylation sites (N-methyl/N-ethyl adjacent to an activating group) is 1. The van der Waals surface area contributed by atoms with Crippen LogP contribution in [0.25, 0.3) is 0 Å². The molecular formula is C19H21F2N3O3. The molecule has 8 heteroatoms. The minimum atomic E-state index is -2.87. The number of halogens is 2. The highest BCUT2D eigenvalue weighted by atomic mass is 19.3. The zero-order valence-electron chi connectivity index (χ0n) is 14.8. The second-order valence-corrected chi connectivity index (χ2v) is 5.91. The first-order chi connectivity index (χ1) is 12.9. The molecule has 2 rings (SSSR count). The maximum atomic E-state index is 12.1. The van der Waals surface area contributed by atoms with Gasteiger partial charge in [0.05, 0.1) is 6.54 Å². The monoisotopic (exact) mass is 377 g/mol. The third-order valence-electron chi connectivity index (χ3n) is 3.56. The number of hydrogen-bond donors (Lipinski definition) is 2. The average Bonchev–Trinajstić information content (AvgIpc) is 2.62. The molecule has 2 aromatic rings. The number of nitrogens with one attached hydrogen (secondary N) is 2. The maximum Gasteiger partial charge on any atom is 0.387 e. The second kappa shape index (κ2) is 10.2. The fraction of sp³-hybridized carbons (Fsp3) is 0.263. The molecule has 3 amide bonds. The van der Waals surface area contributed by atoms with Crippen molar-refractivity contribution in [3.05, 3.63) is 65.7 Å². The molecule has 6 nitrogen and oxygen atoms in total. The van der Waals surface area contributed by atoms with Gasteiger partial charge in [-0.2, -0.15) is 8.78 Å². The first kappa shape index (κ1) is 20.3. The van der Waals surface area contributed by atoms with Gasteiger partial charge in [0.15, 0.2) is 0 Å². The highest BCUT2D eigenvalue weighted by Gasteiger charge is 2.11. The molecule has 144 valence electrons. The van der Waals surface area contributed by atoms with Gasteiger partial charge in [0.1, 0.15) is 5.75 Å². The summed E-state index contributed by atoms with van der Waals surface area (Å²) in [6.07, 6.45) is 0. The molecule has 0 fully saturated rings. The lowest BCUT2D eigenvalue weighted by molar-refractivity contribution is -0.121. The minimum absolute atomic E-state index is 0.00798. The van der Waals surface area contributed by atoms with Crippen molar-refractivity contribution >= 4 is 11.9 Å². The van der Waals surface area contributed by atoms with Crippen LogP contribution >= 0.6 is 0 Å². The van der Waals surface area contributed by atoms with Crippen molar-refractivity contribution in [2.75, 3.05) is 13.6 Å². The van der Waals surface area contributed by atoms with Gasteiger partial charge in [-0.25, -0.2) is 4.79 Å². The SMILES string of the molecule is CN(CC(=O)NC(=O)NCc1ccccc1)Cc1ccc(OC(F)F)cc1. The zero-order valence-corrected chi connectivity index (χ0v) is 14.8. The Hall–Kier alpha value is -3.00. The number of urea groups is 1. The van der Waals surface area contributed by atoms with Crippen molar-refractivity contribution in [2.24, 2.45) is 0 Å². The lowest BCUT2D eigenvalue weighted by Crippen LogP contribution is -2.43. The number of rotatable bonds is 8. The van der Waals surface area contributed by atoms with Crippen LogP contribution in [0.4, 0.5) is 13.6 Å². The quantitative estimate of drug-likeness (QED) is 0.742. The Morgan fingerprint density at radius 2 is 1.70 bits per heavy atom. The van der Waals surface area contributed by atoms with Gasteiger partial charge in [-0.15, -0.1) is 0 Å². The Balaban J connectivity index is 1.72. The topological polar surface area (TPSA) is 70.7 Å². The van der Waals surface area contributed by atoms with Crippen molar-refractivity contribution in [1.29, 1.82) is 0 Å². The van der Waals surface area contributed by atoms with Crippen molar-refractivity contribution in [3.8, 4) is 5.75 Å². The Labute approximate surface area is 156 Å². The van der Waals surface area contributed by atoms with Gasteiger partial charge < -0.3 is 10.1 Å². The molecule has 0 aromatic heterocycles. The van der Waals surface area contributed by atoms with E-state index in [0.29, 0.717) is 13.1 Å². The number of amides is 3. The minimum Gasteiger partial charge on any atom is -0.435 e. The predicted octanol–water partition coefficient (Wildman–Crippen LogP) is 2.75. The van der Waals surface area contributed by atoms with Gasteiger partial charge in [-0.3, -0.25) is 15.0 Å². The Kier molecular flexibility index (Phi) is 7.69. The van der Waals surface area contributed by atoms with E-state index in [4.69, 9.17) is 0 Å². The zero-order chi connectivity index (χ0) is 19.6. The molecule has 0 radical (unpaired) electrons. The van der Waals surface area contributed by atoms with Crippen LogP contribution in [0.1, 0.15) is 11.1 Å². The third-order valence-corrected chi connectivity index (χ3v) is 3.56. The molecule has 0 aliphatic rings. The standard InChI is InChI=1S/C19H21F2N3O3/c1-24(12-15-7-9-16(10-8-15)27-18(20)21)13-17(25)23-19(26)22-11-14-5-3-2-4-6-14/h2-10,18H,11-13H2,1H3,(H2,22,23,25,26). The molecule has 0 aliphatic heterocycles. The van der Waals surface area contributed by atoms with Gasteiger partial charge in [-0.05, 0) is 30.3 Å². The van der Waals surface area contributed by atoms with E-state index in [1.807, 2.05) is 30.3 Å². The van der Waals surface area contributed by atoms with Gasteiger partial charge in [-0.1, -0.05) is 42.5 Å². The molecule has 0 bridgehead atoms. The fourth-order valence-electron chi connectivity index (χ4n) is 2.38. The summed E-state index contributed by atoms with van der Waals surface area (Å²) in [6.45, 7) is -2.12. The molecule has 0 spiro atoms. The van der Waals surface area contributed by atoms with Gasteiger partial charge in [0.2, 0.25) is 5.91 Å². The Bertz CT molecular complexity index is 740. The average molecular weight is 377 g/mol. The van der Waals surface area contributed by atoms with E-state index in [1.54, 1.807) is 24.1 Å². The summed E-state index contributed by atoms with van der Waals surface area (Å²) in [5.41, 5.74) is 1.75. The highest BCUT2D eigenvalue weighted by molar-refractivity contribution is 5.95. The summed E-state index contributed by atoms with van der Waals surface area (Å²) in [7, 11) is 1.71. The molecule has 27 heavy (non-hydrogen) atoms. The van der Waals surface area contributed by atoms with Crippen LogP contribution in [0.5, 0.6) is 5.75 Å². The van der Waals surface area contributed by atoms with Crippen molar-refractivity contribution in [2.45, 2.75) is 19.7 Å². The van der Waals surface area contributed by atoms with Crippen LogP contribution in [0.3, 0.4) is 0 Å². The number of ether oxygens (including phenoxy) is 1. The van der Waals surface area contributed by atoms with Crippen LogP contribution in [0.15, 0.2) is 54.6 Å². The van der Waals surface area contributed by atoms with Gasteiger partial charge in [0, 0.05) is 13.1 Å². The lowest BCUT2D eigenvalue weighted by atomic mass is 10.2. The number of imide groups is 1. The molecule has 0 heterocycles. The molecule has 0 aliphatic carbocycles. The van der Waals surface area contributed by atoms with Crippen LogP contribution in [-0.2, 0) is 17.9 Å². The fourth-order valence-corrected chi connectivity index (χ4v) is 2.38. The van der Waals surface area contributed by atoms with E-state index >= 15 is 0 Å². The van der Waals surface area contributed by atoms with Crippen LogP contribution in [-0.4, -0.2) is 37.0 Å². The molecule has 0 saturated heterocycles. The Morgan fingerprint density at radius 3 is 2.33 bits per heavy atom. The summed E-state index contributed by atoms with van der Waals surface area (Å²) in [4.78, 5) is 25.4. The smallest absolute Gasteiger partial charge is 0.387 e. The van der Waals surface area contributed by atoms with E-state index < -0.39 is 18.5 Å². The molecule has 0 saturated carbocycles. The Morgan fingerprint density at radius 1 is 1.04 bits per heavy atom. The van der Waals surface area contributed by atoms with E-state index in [-0.39, 0.29) is 12.3 Å². The first-order valence-electron chi connectivity index (χ1n) is 8.26. The van der Waals surface area contributed by atoms with Crippen molar-refractivity contribution < 1.29 is 23.1 Å². The van der Waals surface area contributed by atoms with E-state index in [9.17, 15) is 18.4 Å². The molecule has 0 atom stereocenters. The van der Waals surface area contributed by atoms with Crippen molar-refractivity contribution in [3.63, 3.8) is 0 Å². The predicted molar refractivity (Wildman–Crippen MR) is 96.2 cm³/mol. The molecule has 2 aromatic carbocycles. The van der Waals surface area contributed by atoms with E-state index in [1.165, 1.54) is 12.1 Å². The highest BCUT2D eigenvalue weighted by Crippen LogP contribution is 2.15. The summed E-state index contributed by atoms with van der Waals surface area (Å²) >= 11 is 0. The number of alkyl halides is 2. The molecular weight excluding hydrogens is 356 g/mol. The summed E-state index contributed by atoms with van der Waals surface area (Å²) in [6, 6.07) is 14.9. The van der Waals surface area contributed by atoms with Crippen LogP contribution in [0.2, 0.25) is 0 Å². The summed E-state index contributed by atoms with van der Waals surface area (Å²) < 4.78 is 28.5. The second-order valence-electron chi connectivity index (χ2n) is 5.91. The summed E-state index contributed by atoms with van der Waals surface area (Å²) in [5.74, 6) is -0.370. The van der Waals surface area contributed by atoms with E-state index in [0.717, 1.165) is 11.1 Å². The number of hydrogen-bond acceptors (Lipinski definition) is 4. The lowest BCUT2D eigenvalue weighted by Gasteiger charge is -2.16. The number of carbonyl (C=O) groups is 2. The van der Waals surface area contributed by atoms with Crippen molar-refractivity contribution in [1.82, 2.24) is 15.5 Å². The first-order valence-corrected chi connectivity index (χ1v) is 8.26. The van der Waals surface area contributed by atoms with Gasteiger partial charge >= 0.3 is 12.6 Å². The van der Waals surface area contributed by atoms with E-state index in [2.05, 4.69) is 15.4 Å². The van der Waals surface area contributed by atoms with Gasteiger partial charge in [0.25, 0.3) is 0 Å². The number of nitrogens with zero attached hydrogens (tertiary/aromatic N) is 1. The summed E-state index contributed by atoms with van der Waals surface area (Å²) in [5, 5.41) is 4.87. The molecule has 2 N–H and O–H groups in total. The van der Waals surface area contributed by atoms with Crippen LogP contribution < -0.4 is 15.4 Å². The normalized spacial score (nSPS) is 10.7. The largest absolute Gasteiger partial charge is 0.435 e. The number of carbonyl (C=O) groups excluding carboxylic acids is 2. The molecule has 0 unspecified atom stereocenters.